The van der Waals surface area contributed by atoms with Crippen LogP contribution in [0.3, 0.4) is 0 Å². The van der Waals surface area contributed by atoms with Crippen LogP contribution in [0.15, 0.2) is 54.7 Å². The van der Waals surface area contributed by atoms with Gasteiger partial charge in [-0.15, -0.1) is 5.10 Å². The Balaban J connectivity index is 1.13. The Labute approximate surface area is 200 Å². The van der Waals surface area contributed by atoms with Crippen molar-refractivity contribution in [3.8, 4) is 17.0 Å². The highest BCUT2D eigenvalue weighted by molar-refractivity contribution is 7.20. The molecule has 3 heterocycles. The topological polar surface area (TPSA) is 75.0 Å². The van der Waals surface area contributed by atoms with E-state index in [-0.39, 0.29) is 11.7 Å². The number of para-hydroxylation sites is 1. The average Bonchev–Trinajstić information content (AvgIpc) is 3.43. The number of benzene rings is 2. The number of amides is 1. The van der Waals surface area contributed by atoms with E-state index in [1.165, 1.54) is 23.5 Å². The monoisotopic (exact) mass is 480 g/mol. The number of ether oxygens (including phenoxy) is 1. The van der Waals surface area contributed by atoms with Crippen LogP contribution in [-0.4, -0.2) is 65.2 Å². The van der Waals surface area contributed by atoms with Crippen LogP contribution in [0.2, 0.25) is 0 Å². The number of halogens is 1. The molecule has 0 saturated carbocycles. The standard InChI is InChI=1S/C24H25FN6O2S/c1-33-21-5-3-2-4-18(21)14-26-22(32)16-29-10-12-30(13-11-29)24-28-31-15-20(27-23(31)34-24)17-6-8-19(25)9-7-17/h2-9,15H,10-14,16H2,1H3,(H,26,32). The first-order chi connectivity index (χ1) is 16.6. The number of imidazole rings is 1. The molecule has 0 unspecified atom stereocenters. The number of nitrogens with zero attached hydrogens (tertiary/aromatic N) is 5. The molecular weight excluding hydrogens is 455 g/mol. The van der Waals surface area contributed by atoms with Crippen LogP contribution in [0.5, 0.6) is 5.75 Å². The summed E-state index contributed by atoms with van der Waals surface area (Å²) < 4.78 is 20.3. The molecule has 0 bridgehead atoms. The predicted octanol–water partition coefficient (Wildman–Crippen LogP) is 3.04. The number of hydrogen-bond donors (Lipinski definition) is 1. The van der Waals surface area contributed by atoms with Gasteiger partial charge in [0, 0.05) is 43.9 Å². The van der Waals surface area contributed by atoms with Gasteiger partial charge in [-0.25, -0.2) is 13.9 Å². The van der Waals surface area contributed by atoms with Gasteiger partial charge in [0.25, 0.3) is 0 Å². The molecule has 1 aliphatic heterocycles. The van der Waals surface area contributed by atoms with Gasteiger partial charge in [-0.3, -0.25) is 9.69 Å². The molecule has 5 rings (SSSR count). The minimum atomic E-state index is -0.266. The third kappa shape index (κ3) is 4.87. The summed E-state index contributed by atoms with van der Waals surface area (Å²) in [5, 5.41) is 8.57. The number of anilines is 1. The van der Waals surface area contributed by atoms with Crippen LogP contribution in [0.4, 0.5) is 9.52 Å². The Bertz CT molecular complexity index is 1250. The summed E-state index contributed by atoms with van der Waals surface area (Å²) in [7, 11) is 1.63. The number of carbonyl (C=O) groups excluding carboxylic acids is 1. The zero-order valence-corrected chi connectivity index (χ0v) is 19.6. The number of carbonyl (C=O) groups is 1. The number of methoxy groups -OCH3 is 1. The molecule has 4 aromatic rings. The van der Waals surface area contributed by atoms with Crippen molar-refractivity contribution in [2.45, 2.75) is 6.54 Å². The largest absolute Gasteiger partial charge is 0.496 e. The maximum absolute atomic E-state index is 13.2. The van der Waals surface area contributed by atoms with Crippen LogP contribution in [-0.2, 0) is 11.3 Å². The van der Waals surface area contributed by atoms with Gasteiger partial charge >= 0.3 is 0 Å². The molecule has 1 aliphatic rings. The van der Waals surface area contributed by atoms with E-state index in [0.29, 0.717) is 13.1 Å². The van der Waals surface area contributed by atoms with Crippen molar-refractivity contribution in [3.63, 3.8) is 0 Å². The summed E-state index contributed by atoms with van der Waals surface area (Å²) >= 11 is 1.53. The van der Waals surface area contributed by atoms with Crippen LogP contribution in [0.1, 0.15) is 5.56 Å². The molecule has 176 valence electrons. The molecule has 1 saturated heterocycles. The lowest BCUT2D eigenvalue weighted by Crippen LogP contribution is -2.49. The SMILES string of the molecule is COc1ccccc1CNC(=O)CN1CCN(c2nn3cc(-c4ccc(F)cc4)nc3s2)CC1. The molecular formula is C24H25FN6O2S. The smallest absolute Gasteiger partial charge is 0.234 e. The first-order valence-corrected chi connectivity index (χ1v) is 11.9. The fourth-order valence-electron chi connectivity index (χ4n) is 3.98. The van der Waals surface area contributed by atoms with E-state index in [0.717, 1.165) is 58.8 Å². The first kappa shape index (κ1) is 22.3. The van der Waals surface area contributed by atoms with Crippen molar-refractivity contribution < 1.29 is 13.9 Å². The number of rotatable bonds is 7. The lowest BCUT2D eigenvalue weighted by Gasteiger charge is -2.33. The molecule has 10 heteroatoms. The molecule has 34 heavy (non-hydrogen) atoms. The predicted molar refractivity (Wildman–Crippen MR) is 130 cm³/mol. The summed E-state index contributed by atoms with van der Waals surface area (Å²) in [6.07, 6.45) is 1.87. The van der Waals surface area contributed by atoms with Gasteiger partial charge in [0.15, 0.2) is 0 Å². The number of fused-ring (bicyclic) bond motifs is 1. The summed E-state index contributed by atoms with van der Waals surface area (Å²) in [5.74, 6) is 0.509. The quantitative estimate of drug-likeness (QED) is 0.438. The molecule has 0 atom stereocenters. The van der Waals surface area contributed by atoms with Crippen molar-refractivity contribution in [3.05, 3.63) is 66.1 Å². The summed E-state index contributed by atoms with van der Waals surface area (Å²) in [5.41, 5.74) is 2.59. The lowest BCUT2D eigenvalue weighted by molar-refractivity contribution is -0.122. The Morgan fingerprint density at radius 1 is 1.12 bits per heavy atom. The summed E-state index contributed by atoms with van der Waals surface area (Å²) in [6, 6.07) is 14.0. The molecule has 1 fully saturated rings. The van der Waals surface area contributed by atoms with E-state index in [1.807, 2.05) is 30.5 Å². The second-order valence-electron chi connectivity index (χ2n) is 8.10. The van der Waals surface area contributed by atoms with E-state index in [2.05, 4.69) is 25.2 Å². The van der Waals surface area contributed by atoms with Gasteiger partial charge in [0.05, 0.1) is 25.5 Å². The van der Waals surface area contributed by atoms with Gasteiger partial charge in [-0.1, -0.05) is 29.5 Å². The fourth-order valence-corrected chi connectivity index (χ4v) is 4.91. The number of aromatic nitrogens is 3. The normalized spacial score (nSPS) is 14.5. The maximum Gasteiger partial charge on any atom is 0.234 e. The lowest BCUT2D eigenvalue weighted by atomic mass is 10.2. The Morgan fingerprint density at radius 3 is 2.62 bits per heavy atom. The number of nitrogens with one attached hydrogen (secondary N) is 1. The molecule has 2 aromatic carbocycles. The Morgan fingerprint density at radius 2 is 1.88 bits per heavy atom. The van der Waals surface area contributed by atoms with Gasteiger partial charge in [-0.2, -0.15) is 0 Å². The van der Waals surface area contributed by atoms with Crippen molar-refractivity contribution in [2.24, 2.45) is 0 Å². The first-order valence-electron chi connectivity index (χ1n) is 11.1. The van der Waals surface area contributed by atoms with Crippen LogP contribution in [0.25, 0.3) is 16.2 Å². The highest BCUT2D eigenvalue weighted by Gasteiger charge is 2.22. The molecule has 1 amide bonds. The highest BCUT2D eigenvalue weighted by Crippen LogP contribution is 2.27. The zero-order chi connectivity index (χ0) is 23.5. The third-order valence-electron chi connectivity index (χ3n) is 5.85. The molecule has 2 aromatic heterocycles. The van der Waals surface area contributed by atoms with Gasteiger partial charge in [0.1, 0.15) is 11.6 Å². The maximum atomic E-state index is 13.2. The molecule has 0 spiro atoms. The van der Waals surface area contributed by atoms with Crippen molar-refractivity contribution in [1.82, 2.24) is 24.8 Å². The van der Waals surface area contributed by atoms with Crippen molar-refractivity contribution >= 4 is 27.3 Å². The van der Waals surface area contributed by atoms with Crippen molar-refractivity contribution in [1.29, 1.82) is 0 Å². The second-order valence-corrected chi connectivity index (χ2v) is 9.03. The van der Waals surface area contributed by atoms with Gasteiger partial charge < -0.3 is 15.0 Å². The summed E-state index contributed by atoms with van der Waals surface area (Å²) in [6.45, 7) is 3.96. The van der Waals surface area contributed by atoms with E-state index in [4.69, 9.17) is 4.74 Å². The van der Waals surface area contributed by atoms with Crippen LogP contribution >= 0.6 is 11.3 Å². The molecule has 1 N–H and O–H groups in total. The number of piperazine rings is 1. The van der Waals surface area contributed by atoms with Crippen LogP contribution < -0.4 is 15.0 Å². The zero-order valence-electron chi connectivity index (χ0n) is 18.8. The van der Waals surface area contributed by atoms with Crippen LogP contribution in [0, 0.1) is 5.82 Å². The highest BCUT2D eigenvalue weighted by atomic mass is 32.1. The molecule has 0 radical (unpaired) electrons. The summed E-state index contributed by atoms with van der Waals surface area (Å²) in [4.78, 5) is 22.2. The second kappa shape index (κ2) is 9.78. The fraction of sp³-hybridized carbons (Fsp3) is 0.292. The Kier molecular flexibility index (Phi) is 6.41. The molecule has 0 aliphatic carbocycles. The molecule has 8 nitrogen and oxygen atoms in total. The minimum Gasteiger partial charge on any atom is -0.496 e. The third-order valence-corrected chi connectivity index (χ3v) is 6.83. The minimum absolute atomic E-state index is 0.000367. The van der Waals surface area contributed by atoms with E-state index in [9.17, 15) is 9.18 Å². The van der Waals surface area contributed by atoms with E-state index < -0.39 is 0 Å². The van der Waals surface area contributed by atoms with Crippen molar-refractivity contribution in [2.75, 3.05) is 44.7 Å². The van der Waals surface area contributed by atoms with E-state index >= 15 is 0 Å². The van der Waals surface area contributed by atoms with Gasteiger partial charge in [-0.05, 0) is 30.3 Å². The van der Waals surface area contributed by atoms with E-state index in [1.54, 1.807) is 23.8 Å². The number of hydrogen-bond acceptors (Lipinski definition) is 7. The Hall–Kier alpha value is -3.50. The average molecular weight is 481 g/mol. The van der Waals surface area contributed by atoms with Gasteiger partial charge in [0.2, 0.25) is 16.0 Å².